The van der Waals surface area contributed by atoms with Gasteiger partial charge in [-0.15, -0.1) is 10.2 Å². The van der Waals surface area contributed by atoms with Crippen LogP contribution in [0.5, 0.6) is 11.5 Å². The smallest absolute Gasteiger partial charge is 0.229 e. The number of nitrogens with one attached hydrogen (secondary N) is 1. The number of aromatic nitrogens is 2. The van der Waals surface area contributed by atoms with Crippen LogP contribution in [-0.2, 0) is 11.2 Å². The number of para-hydroxylation sites is 1. The van der Waals surface area contributed by atoms with Crippen molar-refractivity contribution >= 4 is 28.1 Å². The standard InChI is InChI=1S/C23H26N4O3S/c1-29-19-9-8-16(14-20(19)30-2)15-21-25-26-23(31-21)24-22(28)17-10-12-27(13-11-17)18-6-4-3-5-7-18/h3-9,14,17H,10-13,15H2,1-2H3,(H,24,26,28). The van der Waals surface area contributed by atoms with Gasteiger partial charge in [0, 0.05) is 31.1 Å². The van der Waals surface area contributed by atoms with Crippen molar-refractivity contribution in [2.24, 2.45) is 5.92 Å². The van der Waals surface area contributed by atoms with Gasteiger partial charge in [-0.2, -0.15) is 0 Å². The van der Waals surface area contributed by atoms with Crippen molar-refractivity contribution in [2.45, 2.75) is 19.3 Å². The molecule has 162 valence electrons. The van der Waals surface area contributed by atoms with Gasteiger partial charge in [-0.1, -0.05) is 35.6 Å². The van der Waals surface area contributed by atoms with Crippen LogP contribution < -0.4 is 19.7 Å². The summed E-state index contributed by atoms with van der Waals surface area (Å²) in [6.07, 6.45) is 2.28. The third-order valence-electron chi connectivity index (χ3n) is 5.49. The summed E-state index contributed by atoms with van der Waals surface area (Å²) in [5.74, 6) is 1.40. The molecule has 3 aromatic rings. The molecule has 31 heavy (non-hydrogen) atoms. The lowest BCUT2D eigenvalue weighted by atomic mass is 9.95. The van der Waals surface area contributed by atoms with E-state index < -0.39 is 0 Å². The van der Waals surface area contributed by atoms with E-state index in [9.17, 15) is 4.79 Å². The predicted octanol–water partition coefficient (Wildman–Crippen LogP) is 4.00. The average molecular weight is 439 g/mol. The fourth-order valence-electron chi connectivity index (χ4n) is 3.79. The molecule has 8 heteroatoms. The Balaban J connectivity index is 1.31. The normalized spacial score (nSPS) is 14.3. The third kappa shape index (κ3) is 5.14. The third-order valence-corrected chi connectivity index (χ3v) is 6.33. The maximum absolute atomic E-state index is 12.7. The van der Waals surface area contributed by atoms with Crippen LogP contribution in [0.25, 0.3) is 0 Å². The second-order valence-corrected chi connectivity index (χ2v) is 8.52. The van der Waals surface area contributed by atoms with E-state index in [2.05, 4.69) is 32.5 Å². The second-order valence-electron chi connectivity index (χ2n) is 7.45. The summed E-state index contributed by atoms with van der Waals surface area (Å²) < 4.78 is 10.6. The van der Waals surface area contributed by atoms with E-state index in [1.54, 1.807) is 14.2 Å². The van der Waals surface area contributed by atoms with E-state index >= 15 is 0 Å². The first kappa shape index (κ1) is 21.1. The van der Waals surface area contributed by atoms with E-state index in [-0.39, 0.29) is 11.8 Å². The highest BCUT2D eigenvalue weighted by molar-refractivity contribution is 7.15. The second kappa shape index (κ2) is 9.78. The Morgan fingerprint density at radius 1 is 1.06 bits per heavy atom. The highest BCUT2D eigenvalue weighted by atomic mass is 32.1. The fraction of sp³-hybridized carbons (Fsp3) is 0.348. The first-order chi connectivity index (χ1) is 15.2. The summed E-state index contributed by atoms with van der Waals surface area (Å²) in [6.45, 7) is 1.76. The molecule has 1 aliphatic rings. The quantitative estimate of drug-likeness (QED) is 0.601. The van der Waals surface area contributed by atoms with E-state index in [1.807, 2.05) is 36.4 Å². The van der Waals surface area contributed by atoms with Gasteiger partial charge in [0.25, 0.3) is 0 Å². The first-order valence-electron chi connectivity index (χ1n) is 10.3. The van der Waals surface area contributed by atoms with E-state index in [0.29, 0.717) is 23.1 Å². The molecule has 2 heterocycles. The molecule has 1 aromatic heterocycles. The molecule has 0 unspecified atom stereocenters. The molecular formula is C23H26N4O3S. The van der Waals surface area contributed by atoms with Gasteiger partial charge in [-0.3, -0.25) is 4.79 Å². The Morgan fingerprint density at radius 2 is 1.81 bits per heavy atom. The van der Waals surface area contributed by atoms with Crippen molar-refractivity contribution in [2.75, 3.05) is 37.5 Å². The summed E-state index contributed by atoms with van der Waals surface area (Å²) >= 11 is 1.40. The molecule has 1 aliphatic heterocycles. The van der Waals surface area contributed by atoms with Gasteiger partial charge in [0.1, 0.15) is 5.01 Å². The van der Waals surface area contributed by atoms with Gasteiger partial charge in [-0.05, 0) is 42.7 Å². The minimum atomic E-state index is -0.00170. The summed E-state index contributed by atoms with van der Waals surface area (Å²) in [4.78, 5) is 15.0. The molecule has 4 rings (SSSR count). The van der Waals surface area contributed by atoms with Gasteiger partial charge < -0.3 is 19.7 Å². The molecule has 0 saturated carbocycles. The highest BCUT2D eigenvalue weighted by Crippen LogP contribution is 2.30. The topological polar surface area (TPSA) is 76.6 Å². The molecule has 1 saturated heterocycles. The zero-order chi connectivity index (χ0) is 21.6. The lowest BCUT2D eigenvalue weighted by molar-refractivity contribution is -0.120. The maximum Gasteiger partial charge on any atom is 0.229 e. The number of amides is 1. The van der Waals surface area contributed by atoms with Crippen LogP contribution >= 0.6 is 11.3 Å². The van der Waals surface area contributed by atoms with Gasteiger partial charge in [0.2, 0.25) is 11.0 Å². The molecule has 1 N–H and O–H groups in total. The molecule has 0 spiro atoms. The van der Waals surface area contributed by atoms with Crippen LogP contribution in [0.15, 0.2) is 48.5 Å². The predicted molar refractivity (Wildman–Crippen MR) is 122 cm³/mol. The monoisotopic (exact) mass is 438 g/mol. The molecule has 7 nitrogen and oxygen atoms in total. The SMILES string of the molecule is COc1ccc(Cc2nnc(NC(=O)C3CCN(c4ccccc4)CC3)s2)cc1OC. The number of hydrogen-bond donors (Lipinski definition) is 1. The Bertz CT molecular complexity index is 1020. The number of ether oxygens (including phenoxy) is 2. The molecule has 0 atom stereocenters. The Kier molecular flexibility index (Phi) is 6.66. The van der Waals surface area contributed by atoms with Crippen LogP contribution in [-0.4, -0.2) is 43.4 Å². The molecule has 0 bridgehead atoms. The molecule has 0 aliphatic carbocycles. The summed E-state index contributed by atoms with van der Waals surface area (Å²) in [6, 6.07) is 16.1. The number of piperidine rings is 1. The average Bonchev–Trinajstić information content (AvgIpc) is 3.26. The van der Waals surface area contributed by atoms with Crippen molar-refractivity contribution in [1.29, 1.82) is 0 Å². The van der Waals surface area contributed by atoms with Crippen LogP contribution in [0, 0.1) is 5.92 Å². The van der Waals surface area contributed by atoms with Gasteiger partial charge >= 0.3 is 0 Å². The van der Waals surface area contributed by atoms with Crippen molar-refractivity contribution in [3.63, 3.8) is 0 Å². The zero-order valence-electron chi connectivity index (χ0n) is 17.7. The lowest BCUT2D eigenvalue weighted by Crippen LogP contribution is -2.38. The summed E-state index contributed by atoms with van der Waals surface area (Å²) in [7, 11) is 3.23. The number of nitrogens with zero attached hydrogens (tertiary/aromatic N) is 3. The summed E-state index contributed by atoms with van der Waals surface area (Å²) in [5.41, 5.74) is 2.25. The van der Waals surface area contributed by atoms with Crippen molar-refractivity contribution in [3.8, 4) is 11.5 Å². The Hall–Kier alpha value is -3.13. The maximum atomic E-state index is 12.7. The Morgan fingerprint density at radius 3 is 2.52 bits per heavy atom. The number of anilines is 2. The van der Waals surface area contributed by atoms with E-state index in [4.69, 9.17) is 9.47 Å². The van der Waals surface area contributed by atoms with Crippen molar-refractivity contribution in [1.82, 2.24) is 10.2 Å². The van der Waals surface area contributed by atoms with Crippen molar-refractivity contribution < 1.29 is 14.3 Å². The fourth-order valence-corrected chi connectivity index (χ4v) is 4.56. The van der Waals surface area contributed by atoms with E-state index in [1.165, 1.54) is 17.0 Å². The van der Waals surface area contributed by atoms with Gasteiger partial charge in [0.05, 0.1) is 14.2 Å². The van der Waals surface area contributed by atoms with Gasteiger partial charge in [-0.25, -0.2) is 0 Å². The summed E-state index contributed by atoms with van der Waals surface area (Å²) in [5, 5.41) is 12.7. The lowest BCUT2D eigenvalue weighted by Gasteiger charge is -2.32. The zero-order valence-corrected chi connectivity index (χ0v) is 18.5. The molecule has 1 fully saturated rings. The van der Waals surface area contributed by atoms with Crippen molar-refractivity contribution in [3.05, 3.63) is 59.1 Å². The molecule has 1 amide bonds. The number of hydrogen-bond acceptors (Lipinski definition) is 7. The molecule has 0 radical (unpaired) electrons. The number of carbonyl (C=O) groups is 1. The van der Waals surface area contributed by atoms with Crippen LogP contribution in [0.1, 0.15) is 23.4 Å². The van der Waals surface area contributed by atoms with Crippen LogP contribution in [0.2, 0.25) is 0 Å². The van der Waals surface area contributed by atoms with Gasteiger partial charge in [0.15, 0.2) is 11.5 Å². The van der Waals surface area contributed by atoms with E-state index in [0.717, 1.165) is 36.5 Å². The largest absolute Gasteiger partial charge is 0.493 e. The molecule has 2 aromatic carbocycles. The highest BCUT2D eigenvalue weighted by Gasteiger charge is 2.26. The van der Waals surface area contributed by atoms with Crippen LogP contribution in [0.3, 0.4) is 0 Å². The van der Waals surface area contributed by atoms with Crippen LogP contribution in [0.4, 0.5) is 10.8 Å². The minimum Gasteiger partial charge on any atom is -0.493 e. The number of benzene rings is 2. The molecular weight excluding hydrogens is 412 g/mol. The number of carbonyl (C=O) groups excluding carboxylic acids is 1. The number of methoxy groups -OCH3 is 2. The first-order valence-corrected chi connectivity index (χ1v) is 11.1. The Labute approximate surface area is 186 Å². The number of rotatable bonds is 7. The minimum absolute atomic E-state index is 0.00170.